The lowest BCUT2D eigenvalue weighted by atomic mass is 10.2. The fourth-order valence-electron chi connectivity index (χ4n) is 3.42. The van der Waals surface area contributed by atoms with E-state index in [2.05, 4.69) is 31.6 Å². The lowest BCUT2D eigenvalue weighted by Crippen LogP contribution is -2.47. The Balaban J connectivity index is 1.50. The number of aromatic nitrogens is 3. The van der Waals surface area contributed by atoms with Crippen LogP contribution in [-0.4, -0.2) is 64.3 Å². The minimum Gasteiger partial charge on any atom is -0.472 e. The summed E-state index contributed by atoms with van der Waals surface area (Å²) in [6.45, 7) is 6.17. The van der Waals surface area contributed by atoms with Crippen molar-refractivity contribution in [3.8, 4) is 17.7 Å². The molecule has 2 aromatic heterocycles. The van der Waals surface area contributed by atoms with Crippen molar-refractivity contribution in [3.05, 3.63) is 65.1 Å². The van der Waals surface area contributed by atoms with E-state index in [-0.39, 0.29) is 6.61 Å². The molecule has 0 aliphatic carbocycles. The van der Waals surface area contributed by atoms with Crippen LogP contribution in [0, 0.1) is 18.8 Å². The van der Waals surface area contributed by atoms with Crippen LogP contribution >= 0.6 is 23.4 Å². The van der Waals surface area contributed by atoms with Gasteiger partial charge in [-0.3, -0.25) is 9.88 Å². The Morgan fingerprint density at radius 2 is 1.94 bits per heavy atom. The van der Waals surface area contributed by atoms with Crippen LogP contribution in [0.3, 0.4) is 0 Å². The number of aliphatic hydroxyl groups is 1. The van der Waals surface area contributed by atoms with Crippen molar-refractivity contribution in [1.82, 2.24) is 19.9 Å². The molecule has 1 saturated heterocycles. The molecule has 1 aliphatic rings. The lowest BCUT2D eigenvalue weighted by molar-refractivity contribution is 0.278. The zero-order valence-electron chi connectivity index (χ0n) is 18.9. The summed E-state index contributed by atoms with van der Waals surface area (Å²) >= 11 is 7.66. The second-order valence-electron chi connectivity index (χ2n) is 7.77. The van der Waals surface area contributed by atoms with Gasteiger partial charge < -0.3 is 14.7 Å². The number of halogens is 1. The number of aliphatic hydroxyl groups excluding tert-OH is 1. The predicted octanol–water partition coefficient (Wildman–Crippen LogP) is 3.68. The standard InChI is InChI=1S/C25H26ClN5O2S/c1-19-7-8-22(16-27-19)34-23-17-28-25(31-12-10-30(11-13-31)9-2-3-14-32)29-24(23)33-18-20-5-4-6-21(26)15-20/h4-8,15-17,32H,9-14,18H2,1H3. The Labute approximate surface area is 209 Å². The van der Waals surface area contributed by atoms with E-state index in [4.69, 9.17) is 26.4 Å². The van der Waals surface area contributed by atoms with Crippen molar-refractivity contribution in [2.45, 2.75) is 23.3 Å². The molecule has 3 aromatic rings. The third kappa shape index (κ3) is 6.84. The molecular weight excluding hydrogens is 470 g/mol. The maximum Gasteiger partial charge on any atom is 0.232 e. The first-order chi connectivity index (χ1) is 16.6. The van der Waals surface area contributed by atoms with E-state index < -0.39 is 0 Å². The zero-order chi connectivity index (χ0) is 23.8. The second kappa shape index (κ2) is 12.0. The van der Waals surface area contributed by atoms with Gasteiger partial charge in [-0.05, 0) is 36.8 Å². The van der Waals surface area contributed by atoms with Crippen molar-refractivity contribution in [3.63, 3.8) is 0 Å². The summed E-state index contributed by atoms with van der Waals surface area (Å²) in [6, 6.07) is 11.6. The van der Waals surface area contributed by atoms with Crippen molar-refractivity contribution in [2.24, 2.45) is 0 Å². The minimum absolute atomic E-state index is 0.102. The van der Waals surface area contributed by atoms with Crippen LogP contribution in [0.2, 0.25) is 5.02 Å². The number of hydrogen-bond acceptors (Lipinski definition) is 8. The first-order valence-electron chi connectivity index (χ1n) is 11.0. The quantitative estimate of drug-likeness (QED) is 0.497. The molecule has 9 heteroatoms. The number of piperazine rings is 1. The van der Waals surface area contributed by atoms with E-state index in [0.29, 0.717) is 30.0 Å². The molecular formula is C25H26ClN5O2S. The third-order valence-corrected chi connectivity index (χ3v) is 6.46. The smallest absolute Gasteiger partial charge is 0.232 e. The Kier molecular flexibility index (Phi) is 8.61. The van der Waals surface area contributed by atoms with Gasteiger partial charge in [0.2, 0.25) is 11.8 Å². The minimum atomic E-state index is -0.102. The number of aryl methyl sites for hydroxylation is 1. The van der Waals surface area contributed by atoms with Gasteiger partial charge in [0.25, 0.3) is 0 Å². The summed E-state index contributed by atoms with van der Waals surface area (Å²) < 4.78 is 6.16. The molecule has 0 saturated carbocycles. The van der Waals surface area contributed by atoms with E-state index in [0.717, 1.165) is 47.2 Å². The lowest BCUT2D eigenvalue weighted by Gasteiger charge is -2.33. The van der Waals surface area contributed by atoms with Crippen molar-refractivity contribution in [1.29, 1.82) is 0 Å². The van der Waals surface area contributed by atoms with Crippen LogP contribution in [-0.2, 0) is 6.61 Å². The Morgan fingerprint density at radius 3 is 2.68 bits per heavy atom. The van der Waals surface area contributed by atoms with E-state index in [1.807, 2.05) is 55.7 Å². The fourth-order valence-corrected chi connectivity index (χ4v) is 4.43. The number of pyridine rings is 1. The number of ether oxygens (including phenoxy) is 1. The number of rotatable bonds is 7. The fraction of sp³-hybridized carbons (Fsp3) is 0.320. The molecule has 0 spiro atoms. The molecule has 1 aromatic carbocycles. The monoisotopic (exact) mass is 495 g/mol. The molecule has 3 heterocycles. The maximum atomic E-state index is 8.83. The van der Waals surface area contributed by atoms with Crippen LogP contribution < -0.4 is 9.64 Å². The Morgan fingerprint density at radius 1 is 1.09 bits per heavy atom. The van der Waals surface area contributed by atoms with Crippen LogP contribution in [0.25, 0.3) is 0 Å². The van der Waals surface area contributed by atoms with E-state index in [1.165, 1.54) is 11.8 Å². The zero-order valence-corrected chi connectivity index (χ0v) is 20.5. The van der Waals surface area contributed by atoms with Gasteiger partial charge in [-0.25, -0.2) is 4.98 Å². The first kappa shape index (κ1) is 24.3. The van der Waals surface area contributed by atoms with E-state index in [1.54, 1.807) is 0 Å². The van der Waals surface area contributed by atoms with Crippen LogP contribution in [0.4, 0.5) is 5.95 Å². The Hall–Kier alpha value is -2.83. The summed E-state index contributed by atoms with van der Waals surface area (Å²) in [5, 5.41) is 9.50. The summed E-state index contributed by atoms with van der Waals surface area (Å²) in [5.74, 6) is 6.86. The summed E-state index contributed by atoms with van der Waals surface area (Å²) in [5.41, 5.74) is 1.94. The third-order valence-electron chi connectivity index (χ3n) is 5.25. The molecule has 0 bridgehead atoms. The maximum absolute atomic E-state index is 8.83. The molecule has 0 radical (unpaired) electrons. The molecule has 1 N–H and O–H groups in total. The molecule has 0 atom stereocenters. The summed E-state index contributed by atoms with van der Waals surface area (Å²) in [7, 11) is 0. The number of hydrogen-bond donors (Lipinski definition) is 1. The van der Waals surface area contributed by atoms with Gasteiger partial charge in [0, 0.05) is 48.0 Å². The van der Waals surface area contributed by atoms with Gasteiger partial charge >= 0.3 is 0 Å². The highest BCUT2D eigenvalue weighted by Crippen LogP contribution is 2.34. The highest BCUT2D eigenvalue weighted by atomic mass is 35.5. The van der Waals surface area contributed by atoms with Crippen LogP contribution in [0.5, 0.6) is 5.88 Å². The van der Waals surface area contributed by atoms with Gasteiger partial charge in [0.1, 0.15) is 13.2 Å². The van der Waals surface area contributed by atoms with Gasteiger partial charge in [-0.15, -0.1) is 0 Å². The van der Waals surface area contributed by atoms with Crippen LogP contribution in [0.1, 0.15) is 11.3 Å². The highest BCUT2D eigenvalue weighted by molar-refractivity contribution is 7.99. The molecule has 1 fully saturated rings. The largest absolute Gasteiger partial charge is 0.472 e. The molecule has 4 rings (SSSR count). The molecule has 0 unspecified atom stereocenters. The average molecular weight is 496 g/mol. The normalized spacial score (nSPS) is 13.9. The van der Waals surface area contributed by atoms with Gasteiger partial charge in [0.15, 0.2) is 0 Å². The number of anilines is 1. The predicted molar refractivity (Wildman–Crippen MR) is 134 cm³/mol. The summed E-state index contributed by atoms with van der Waals surface area (Å²) in [4.78, 5) is 20.0. The molecule has 0 amide bonds. The van der Waals surface area contributed by atoms with Gasteiger partial charge in [0.05, 0.1) is 17.6 Å². The van der Waals surface area contributed by atoms with Crippen LogP contribution in [0.15, 0.2) is 58.6 Å². The van der Waals surface area contributed by atoms with Crippen molar-refractivity contribution < 1.29 is 9.84 Å². The van der Waals surface area contributed by atoms with Gasteiger partial charge in [-0.1, -0.05) is 47.3 Å². The topological polar surface area (TPSA) is 74.6 Å². The van der Waals surface area contributed by atoms with Gasteiger partial charge in [-0.2, -0.15) is 4.98 Å². The number of benzene rings is 1. The van der Waals surface area contributed by atoms with E-state index >= 15 is 0 Å². The summed E-state index contributed by atoms with van der Waals surface area (Å²) in [6.07, 6.45) is 3.66. The molecule has 176 valence electrons. The molecule has 34 heavy (non-hydrogen) atoms. The first-order valence-corrected chi connectivity index (χ1v) is 12.2. The second-order valence-corrected chi connectivity index (χ2v) is 9.32. The van der Waals surface area contributed by atoms with Crippen molar-refractivity contribution >= 4 is 29.3 Å². The Bertz CT molecular complexity index is 1160. The SMILES string of the molecule is Cc1ccc(Sc2cnc(N3CCN(CC#CCO)CC3)nc2OCc2cccc(Cl)c2)cn1. The van der Waals surface area contributed by atoms with E-state index in [9.17, 15) is 0 Å². The highest BCUT2D eigenvalue weighted by Gasteiger charge is 2.20. The molecule has 1 aliphatic heterocycles. The van der Waals surface area contributed by atoms with Crippen molar-refractivity contribution in [2.75, 3.05) is 44.2 Å². The molecule has 7 nitrogen and oxygen atoms in total. The number of nitrogens with zero attached hydrogens (tertiary/aromatic N) is 5. The average Bonchev–Trinajstić information content (AvgIpc) is 2.85.